The van der Waals surface area contributed by atoms with Crippen molar-refractivity contribution in [3.8, 4) is 5.75 Å². The molecule has 0 spiro atoms. The molecule has 1 heterocycles. The van der Waals surface area contributed by atoms with Crippen molar-refractivity contribution in [3.63, 3.8) is 0 Å². The average molecular weight is 360 g/mol. The maximum atomic E-state index is 13.0. The Morgan fingerprint density at radius 3 is 2.73 bits per heavy atom. The summed E-state index contributed by atoms with van der Waals surface area (Å²) in [6.07, 6.45) is 4.75. The Balaban J connectivity index is 1.67. The van der Waals surface area contributed by atoms with Gasteiger partial charge in [-0.2, -0.15) is 0 Å². The highest BCUT2D eigenvalue weighted by Gasteiger charge is 2.30. The number of methoxy groups -OCH3 is 1. The fourth-order valence-electron chi connectivity index (χ4n) is 4.30. The summed E-state index contributed by atoms with van der Waals surface area (Å²) in [6.45, 7) is 5.44. The van der Waals surface area contributed by atoms with Crippen LogP contribution in [-0.2, 0) is 4.79 Å². The maximum Gasteiger partial charge on any atom is 0.236 e. The normalized spacial score (nSPS) is 27.1. The number of para-hydroxylation sites is 1. The summed E-state index contributed by atoms with van der Waals surface area (Å²) in [5.74, 6) is 1.94. The number of carbonyl (C=O) groups is 1. The summed E-state index contributed by atoms with van der Waals surface area (Å²) in [4.78, 5) is 17.3. The van der Waals surface area contributed by atoms with Crippen LogP contribution in [0.5, 0.6) is 5.75 Å². The van der Waals surface area contributed by atoms with E-state index in [4.69, 9.17) is 4.74 Å². The fourth-order valence-corrected chi connectivity index (χ4v) is 4.30. The first-order valence-electron chi connectivity index (χ1n) is 9.93. The highest BCUT2D eigenvalue weighted by molar-refractivity contribution is 5.78. The number of benzene rings is 1. The number of rotatable bonds is 5. The van der Waals surface area contributed by atoms with Crippen molar-refractivity contribution >= 4 is 5.91 Å². The Kier molecular flexibility index (Phi) is 6.54. The van der Waals surface area contributed by atoms with Gasteiger partial charge in [0, 0.05) is 38.3 Å². The van der Waals surface area contributed by atoms with Crippen LogP contribution in [0.1, 0.15) is 44.2 Å². The molecular weight excluding hydrogens is 326 g/mol. The number of nitrogens with zero attached hydrogens (tertiary/aromatic N) is 2. The van der Waals surface area contributed by atoms with Gasteiger partial charge in [0.25, 0.3) is 0 Å². The van der Waals surface area contributed by atoms with Gasteiger partial charge in [-0.3, -0.25) is 9.69 Å². The van der Waals surface area contributed by atoms with E-state index in [0.29, 0.717) is 12.6 Å². The van der Waals surface area contributed by atoms with E-state index in [2.05, 4.69) is 23.2 Å². The fraction of sp³-hybridized carbons (Fsp3) is 0.667. The average Bonchev–Trinajstić information content (AvgIpc) is 2.68. The number of likely N-dealkylation sites (N-methyl/N-ethyl adjacent to an activating group) is 1. The van der Waals surface area contributed by atoms with Gasteiger partial charge < -0.3 is 15.0 Å². The Hall–Kier alpha value is -1.59. The zero-order valence-corrected chi connectivity index (χ0v) is 16.4. The SMILES string of the molecule is COc1ccccc1C1CNCCN1CC(=O)N(C)C1CCC(C)CC1. The number of hydrogen-bond acceptors (Lipinski definition) is 4. The van der Waals surface area contributed by atoms with Crippen molar-refractivity contribution in [2.24, 2.45) is 5.92 Å². The molecule has 2 aliphatic rings. The molecule has 5 heteroatoms. The van der Waals surface area contributed by atoms with E-state index in [1.807, 2.05) is 30.1 Å². The van der Waals surface area contributed by atoms with Crippen molar-refractivity contribution in [1.82, 2.24) is 15.1 Å². The second-order valence-corrected chi connectivity index (χ2v) is 7.85. The molecule has 1 atom stereocenters. The van der Waals surface area contributed by atoms with Crippen molar-refractivity contribution in [2.75, 3.05) is 40.3 Å². The molecule has 26 heavy (non-hydrogen) atoms. The van der Waals surface area contributed by atoms with Gasteiger partial charge in [0.15, 0.2) is 0 Å². The zero-order valence-electron chi connectivity index (χ0n) is 16.4. The third-order valence-electron chi connectivity index (χ3n) is 6.12. The number of amides is 1. The van der Waals surface area contributed by atoms with Crippen LogP contribution >= 0.6 is 0 Å². The molecule has 1 aliphatic carbocycles. The van der Waals surface area contributed by atoms with Gasteiger partial charge in [-0.1, -0.05) is 25.1 Å². The highest BCUT2D eigenvalue weighted by Crippen LogP contribution is 2.31. The molecule has 5 nitrogen and oxygen atoms in total. The first-order valence-corrected chi connectivity index (χ1v) is 9.93. The number of piperazine rings is 1. The number of hydrogen-bond donors (Lipinski definition) is 1. The van der Waals surface area contributed by atoms with Gasteiger partial charge in [0.1, 0.15) is 5.75 Å². The molecule has 0 aromatic heterocycles. The standard InChI is InChI=1S/C21H33N3O2/c1-16-8-10-17(11-9-16)23(2)21(25)15-24-13-12-22-14-19(24)18-6-4-5-7-20(18)26-3/h4-7,16-17,19,22H,8-15H2,1-3H3. The second-order valence-electron chi connectivity index (χ2n) is 7.85. The lowest BCUT2D eigenvalue weighted by Crippen LogP contribution is -2.51. The van der Waals surface area contributed by atoms with Gasteiger partial charge in [-0.05, 0) is 37.7 Å². The van der Waals surface area contributed by atoms with E-state index in [-0.39, 0.29) is 11.9 Å². The molecule has 1 amide bonds. The van der Waals surface area contributed by atoms with Crippen LogP contribution in [0.15, 0.2) is 24.3 Å². The lowest BCUT2D eigenvalue weighted by Gasteiger charge is -2.39. The smallest absolute Gasteiger partial charge is 0.236 e. The van der Waals surface area contributed by atoms with Crippen molar-refractivity contribution < 1.29 is 9.53 Å². The third kappa shape index (κ3) is 4.38. The third-order valence-corrected chi connectivity index (χ3v) is 6.12. The van der Waals surface area contributed by atoms with Crippen molar-refractivity contribution in [2.45, 2.75) is 44.7 Å². The van der Waals surface area contributed by atoms with Gasteiger partial charge in [0.2, 0.25) is 5.91 Å². The van der Waals surface area contributed by atoms with Gasteiger partial charge in [-0.15, -0.1) is 0 Å². The molecule has 1 aromatic rings. The Morgan fingerprint density at radius 1 is 1.27 bits per heavy atom. The minimum absolute atomic E-state index is 0.170. The molecular formula is C21H33N3O2. The molecule has 1 aromatic carbocycles. The minimum Gasteiger partial charge on any atom is -0.496 e. The van der Waals surface area contributed by atoms with Crippen LogP contribution in [0, 0.1) is 5.92 Å². The topological polar surface area (TPSA) is 44.8 Å². The predicted octanol–water partition coefficient (Wildman–Crippen LogP) is 2.68. The van der Waals surface area contributed by atoms with Gasteiger partial charge >= 0.3 is 0 Å². The van der Waals surface area contributed by atoms with E-state index < -0.39 is 0 Å². The summed E-state index contributed by atoms with van der Waals surface area (Å²) in [5, 5.41) is 3.46. The maximum absolute atomic E-state index is 13.0. The summed E-state index contributed by atoms with van der Waals surface area (Å²) in [5.41, 5.74) is 1.16. The number of ether oxygens (including phenoxy) is 1. The molecule has 144 valence electrons. The summed E-state index contributed by atoms with van der Waals surface area (Å²) < 4.78 is 5.55. The molecule has 3 rings (SSSR count). The van der Waals surface area contributed by atoms with Crippen LogP contribution in [0.2, 0.25) is 0 Å². The summed E-state index contributed by atoms with van der Waals surface area (Å²) in [7, 11) is 3.70. The minimum atomic E-state index is 0.170. The molecule has 1 N–H and O–H groups in total. The van der Waals surface area contributed by atoms with Gasteiger partial charge in [-0.25, -0.2) is 0 Å². The quantitative estimate of drug-likeness (QED) is 0.878. The van der Waals surface area contributed by atoms with Crippen LogP contribution < -0.4 is 10.1 Å². The van der Waals surface area contributed by atoms with E-state index in [1.165, 1.54) is 12.8 Å². The van der Waals surface area contributed by atoms with E-state index in [1.54, 1.807) is 7.11 Å². The molecule has 2 fully saturated rings. The Bertz CT molecular complexity index is 599. The molecule has 1 saturated heterocycles. The molecule has 0 radical (unpaired) electrons. The second kappa shape index (κ2) is 8.87. The molecule has 0 bridgehead atoms. The predicted molar refractivity (Wildman–Crippen MR) is 104 cm³/mol. The Morgan fingerprint density at radius 2 is 2.00 bits per heavy atom. The monoisotopic (exact) mass is 359 g/mol. The first-order chi connectivity index (χ1) is 12.6. The first kappa shape index (κ1) is 19.2. The van der Waals surface area contributed by atoms with Crippen LogP contribution in [0.25, 0.3) is 0 Å². The van der Waals surface area contributed by atoms with E-state index >= 15 is 0 Å². The number of nitrogens with one attached hydrogen (secondary N) is 1. The number of carbonyl (C=O) groups excluding carboxylic acids is 1. The lowest BCUT2D eigenvalue weighted by molar-refractivity contribution is -0.134. The van der Waals surface area contributed by atoms with Crippen LogP contribution in [-0.4, -0.2) is 62.1 Å². The van der Waals surface area contributed by atoms with Crippen LogP contribution in [0.4, 0.5) is 0 Å². The molecule has 1 saturated carbocycles. The van der Waals surface area contributed by atoms with Crippen molar-refractivity contribution in [1.29, 1.82) is 0 Å². The summed E-state index contributed by atoms with van der Waals surface area (Å²) >= 11 is 0. The molecule has 1 unspecified atom stereocenters. The largest absolute Gasteiger partial charge is 0.496 e. The van der Waals surface area contributed by atoms with Gasteiger partial charge in [0.05, 0.1) is 19.7 Å². The highest BCUT2D eigenvalue weighted by atomic mass is 16.5. The Labute approximate surface area is 157 Å². The molecule has 1 aliphatic heterocycles. The van der Waals surface area contributed by atoms with E-state index in [9.17, 15) is 4.79 Å². The van der Waals surface area contributed by atoms with Crippen molar-refractivity contribution in [3.05, 3.63) is 29.8 Å². The van der Waals surface area contributed by atoms with E-state index in [0.717, 1.165) is 49.7 Å². The van der Waals surface area contributed by atoms with Crippen LogP contribution in [0.3, 0.4) is 0 Å². The zero-order chi connectivity index (χ0) is 18.5. The lowest BCUT2D eigenvalue weighted by atomic mass is 9.87. The summed E-state index contributed by atoms with van der Waals surface area (Å²) in [6, 6.07) is 8.72.